The zero-order chi connectivity index (χ0) is 17.2. The number of fused-ring (bicyclic) bond motifs is 1. The van der Waals surface area contributed by atoms with E-state index in [9.17, 15) is 4.79 Å². The molecule has 3 aromatic rings. The van der Waals surface area contributed by atoms with Gasteiger partial charge in [-0.1, -0.05) is 30.3 Å². The molecule has 1 aliphatic heterocycles. The van der Waals surface area contributed by atoms with Gasteiger partial charge < -0.3 is 10.2 Å². The summed E-state index contributed by atoms with van der Waals surface area (Å²) in [5, 5.41) is 19.2. The van der Waals surface area contributed by atoms with E-state index in [0.717, 1.165) is 42.6 Å². The molecule has 2 N–H and O–H groups in total. The van der Waals surface area contributed by atoms with Gasteiger partial charge in [-0.2, -0.15) is 5.10 Å². The zero-order valence-electron chi connectivity index (χ0n) is 14.5. The van der Waals surface area contributed by atoms with Crippen LogP contribution < -0.4 is 5.32 Å². The third kappa shape index (κ3) is 3.68. The van der Waals surface area contributed by atoms with Gasteiger partial charge in [-0.25, -0.2) is 0 Å². The van der Waals surface area contributed by atoms with Gasteiger partial charge >= 0.3 is 0 Å². The van der Waals surface area contributed by atoms with Crippen molar-refractivity contribution in [1.82, 2.24) is 25.3 Å². The van der Waals surface area contributed by atoms with Crippen molar-refractivity contribution in [2.24, 2.45) is 5.92 Å². The van der Waals surface area contributed by atoms with Crippen molar-refractivity contribution >= 4 is 35.2 Å². The van der Waals surface area contributed by atoms with Crippen LogP contribution in [-0.2, 0) is 4.79 Å². The smallest absolute Gasteiger partial charge is 0.228 e. The van der Waals surface area contributed by atoms with Crippen LogP contribution in [-0.4, -0.2) is 51.3 Å². The molecule has 1 fully saturated rings. The topological polar surface area (TPSA) is 86.8 Å². The number of hydrogen-bond acceptors (Lipinski definition) is 5. The Morgan fingerprint density at radius 2 is 1.92 bits per heavy atom. The van der Waals surface area contributed by atoms with Crippen molar-refractivity contribution in [2.45, 2.75) is 12.8 Å². The zero-order valence-corrected chi connectivity index (χ0v) is 15.3. The molecule has 1 aromatic carbocycles. The monoisotopic (exact) mass is 372 g/mol. The van der Waals surface area contributed by atoms with Crippen molar-refractivity contribution in [2.75, 3.05) is 25.5 Å². The number of halogens is 1. The van der Waals surface area contributed by atoms with E-state index in [-0.39, 0.29) is 24.2 Å². The summed E-state index contributed by atoms with van der Waals surface area (Å²) in [5.41, 5.74) is 2.30. The Labute approximate surface area is 157 Å². The van der Waals surface area contributed by atoms with Crippen LogP contribution in [0.5, 0.6) is 0 Å². The minimum Gasteiger partial charge on any atom is -0.308 e. The standard InChI is InChI=1S/C18H20N6O.ClH/c1-24-9-7-13(8-10-24)18(25)19-16-14-11-15(12-5-3-2-4-6-12)20-22-17(14)23-21-16;/h2-6,11,13H,7-10H2,1H3,(H2,19,21,22,23,25);1H. The molecule has 0 spiro atoms. The predicted molar refractivity (Wildman–Crippen MR) is 103 cm³/mol. The molecule has 3 heterocycles. The normalized spacial score (nSPS) is 15.6. The number of anilines is 1. The van der Waals surface area contributed by atoms with Crippen LogP contribution in [0.15, 0.2) is 36.4 Å². The number of amides is 1. The Hall–Kier alpha value is -2.51. The summed E-state index contributed by atoms with van der Waals surface area (Å²) >= 11 is 0. The molecule has 0 unspecified atom stereocenters. The highest BCUT2D eigenvalue weighted by molar-refractivity contribution is 6.00. The van der Waals surface area contributed by atoms with Gasteiger partial charge in [-0.3, -0.25) is 9.89 Å². The summed E-state index contributed by atoms with van der Waals surface area (Å²) in [6.07, 6.45) is 1.75. The number of carbonyl (C=O) groups is 1. The van der Waals surface area contributed by atoms with Crippen LogP contribution in [0.4, 0.5) is 5.82 Å². The van der Waals surface area contributed by atoms with Crippen LogP contribution in [0.2, 0.25) is 0 Å². The molecule has 1 amide bonds. The average molecular weight is 373 g/mol. The highest BCUT2D eigenvalue weighted by atomic mass is 35.5. The van der Waals surface area contributed by atoms with Crippen molar-refractivity contribution in [1.29, 1.82) is 0 Å². The largest absolute Gasteiger partial charge is 0.308 e. The maximum Gasteiger partial charge on any atom is 0.228 e. The van der Waals surface area contributed by atoms with E-state index in [0.29, 0.717) is 11.5 Å². The van der Waals surface area contributed by atoms with E-state index in [2.05, 4.69) is 37.7 Å². The molecule has 0 atom stereocenters. The van der Waals surface area contributed by atoms with Crippen molar-refractivity contribution in [3.8, 4) is 11.3 Å². The highest BCUT2D eigenvalue weighted by Crippen LogP contribution is 2.25. The number of H-pyrrole nitrogens is 1. The number of rotatable bonds is 3. The minimum atomic E-state index is 0. The summed E-state index contributed by atoms with van der Waals surface area (Å²) in [7, 11) is 2.08. The average Bonchev–Trinajstić information content (AvgIpc) is 3.05. The van der Waals surface area contributed by atoms with E-state index in [1.54, 1.807) is 0 Å². The number of benzene rings is 1. The van der Waals surface area contributed by atoms with Gasteiger partial charge in [0.2, 0.25) is 5.91 Å². The summed E-state index contributed by atoms with van der Waals surface area (Å²) in [6, 6.07) is 11.7. The Morgan fingerprint density at radius 1 is 1.19 bits per heavy atom. The first-order chi connectivity index (χ1) is 12.2. The number of hydrogen-bond donors (Lipinski definition) is 2. The van der Waals surface area contributed by atoms with Crippen molar-refractivity contribution in [3.05, 3.63) is 36.4 Å². The number of likely N-dealkylation sites (tertiary alicyclic amines) is 1. The Kier molecular flexibility index (Phi) is 5.49. The molecule has 2 aromatic heterocycles. The first-order valence-corrected chi connectivity index (χ1v) is 8.47. The molecule has 0 aliphatic carbocycles. The molecule has 4 rings (SSSR count). The predicted octanol–water partition coefficient (Wildman–Crippen LogP) is 2.72. The quantitative estimate of drug-likeness (QED) is 0.738. The molecule has 0 radical (unpaired) electrons. The molecule has 0 saturated carbocycles. The lowest BCUT2D eigenvalue weighted by Gasteiger charge is -2.27. The maximum atomic E-state index is 12.6. The number of nitrogens with one attached hydrogen (secondary N) is 2. The van der Waals surface area contributed by atoms with Gasteiger partial charge in [0.25, 0.3) is 0 Å². The lowest BCUT2D eigenvalue weighted by atomic mass is 9.96. The minimum absolute atomic E-state index is 0. The highest BCUT2D eigenvalue weighted by Gasteiger charge is 2.24. The fourth-order valence-electron chi connectivity index (χ4n) is 3.16. The van der Waals surface area contributed by atoms with Crippen molar-refractivity contribution in [3.63, 3.8) is 0 Å². The Balaban J connectivity index is 0.00000196. The number of carbonyl (C=O) groups excluding carboxylic acids is 1. The van der Waals surface area contributed by atoms with Gasteiger partial charge in [0.05, 0.1) is 11.1 Å². The summed E-state index contributed by atoms with van der Waals surface area (Å²) in [5.74, 6) is 0.580. The number of aromatic nitrogens is 4. The molecule has 136 valence electrons. The molecule has 26 heavy (non-hydrogen) atoms. The second-order valence-electron chi connectivity index (χ2n) is 6.50. The maximum absolute atomic E-state index is 12.6. The van der Waals surface area contributed by atoms with E-state index in [1.807, 2.05) is 36.4 Å². The van der Waals surface area contributed by atoms with E-state index >= 15 is 0 Å². The van der Waals surface area contributed by atoms with Gasteiger partial charge in [0, 0.05) is 11.5 Å². The summed E-state index contributed by atoms with van der Waals surface area (Å²) in [6.45, 7) is 1.89. The molecular weight excluding hydrogens is 352 g/mol. The number of piperidine rings is 1. The summed E-state index contributed by atoms with van der Waals surface area (Å²) in [4.78, 5) is 14.8. The van der Waals surface area contributed by atoms with E-state index < -0.39 is 0 Å². The van der Waals surface area contributed by atoms with Crippen LogP contribution in [0.3, 0.4) is 0 Å². The number of aromatic amines is 1. The molecule has 0 bridgehead atoms. The van der Waals surface area contributed by atoms with Crippen LogP contribution >= 0.6 is 12.4 Å². The molecule has 7 nitrogen and oxygen atoms in total. The second kappa shape index (κ2) is 7.80. The van der Waals surface area contributed by atoms with Gasteiger partial charge in [0.1, 0.15) is 0 Å². The third-order valence-electron chi connectivity index (χ3n) is 4.72. The third-order valence-corrected chi connectivity index (χ3v) is 4.72. The van der Waals surface area contributed by atoms with Gasteiger partial charge in [-0.05, 0) is 39.0 Å². The second-order valence-corrected chi connectivity index (χ2v) is 6.50. The van der Waals surface area contributed by atoms with Crippen molar-refractivity contribution < 1.29 is 4.79 Å². The van der Waals surface area contributed by atoms with Gasteiger partial charge in [-0.15, -0.1) is 22.6 Å². The molecule has 1 saturated heterocycles. The Morgan fingerprint density at radius 3 is 2.65 bits per heavy atom. The molecular formula is C18H21ClN6O. The first kappa shape index (κ1) is 18.3. The summed E-state index contributed by atoms with van der Waals surface area (Å²) < 4.78 is 0. The number of nitrogens with zero attached hydrogens (tertiary/aromatic N) is 4. The first-order valence-electron chi connectivity index (χ1n) is 8.47. The van der Waals surface area contributed by atoms with Crippen LogP contribution in [0.25, 0.3) is 22.3 Å². The van der Waals surface area contributed by atoms with Gasteiger partial charge in [0.15, 0.2) is 11.5 Å². The molecule has 1 aliphatic rings. The molecule has 8 heteroatoms. The van der Waals surface area contributed by atoms with E-state index in [1.165, 1.54) is 0 Å². The fourth-order valence-corrected chi connectivity index (χ4v) is 3.16. The lowest BCUT2D eigenvalue weighted by Crippen LogP contribution is -2.36. The van der Waals surface area contributed by atoms with Crippen LogP contribution in [0, 0.1) is 5.92 Å². The Bertz CT molecular complexity index is 889. The van der Waals surface area contributed by atoms with E-state index in [4.69, 9.17) is 0 Å². The lowest BCUT2D eigenvalue weighted by molar-refractivity contribution is -0.121. The fraction of sp³-hybridized carbons (Fsp3) is 0.333. The van der Waals surface area contributed by atoms with Crippen LogP contribution in [0.1, 0.15) is 12.8 Å². The SMILES string of the molecule is CN1CCC(C(=O)Nc2n[nH]c3nnc(-c4ccccc4)cc23)CC1.Cl.